The molecule has 1 fully saturated rings. The molecule has 0 saturated carbocycles. The van der Waals surface area contributed by atoms with E-state index in [0.717, 1.165) is 0 Å². The van der Waals surface area contributed by atoms with Gasteiger partial charge in [0.2, 0.25) is 5.91 Å². The first-order chi connectivity index (χ1) is 9.49. The maximum atomic E-state index is 13.6. The summed E-state index contributed by atoms with van der Waals surface area (Å²) in [5, 5.41) is 0. The number of rotatable bonds is 4. The standard InChI is InChI=1S/C13H13FN2O4/c14-9-3-1-2-4-10(9)16-6-8(5-12(16)18)13(19)20-7-11(15)17/h1-4,8H,5-7H2,(H2,15,17)/t8-/m0/s1. The van der Waals surface area contributed by atoms with E-state index in [4.69, 9.17) is 5.73 Å². The minimum absolute atomic E-state index is 0.0252. The third kappa shape index (κ3) is 2.93. The molecule has 1 aliphatic heterocycles. The van der Waals surface area contributed by atoms with E-state index in [1.54, 1.807) is 6.07 Å². The predicted octanol–water partition coefficient (Wildman–Crippen LogP) is 0.207. The highest BCUT2D eigenvalue weighted by Gasteiger charge is 2.37. The summed E-state index contributed by atoms with van der Waals surface area (Å²) in [7, 11) is 0. The summed E-state index contributed by atoms with van der Waals surface area (Å²) in [5.41, 5.74) is 4.99. The van der Waals surface area contributed by atoms with E-state index < -0.39 is 30.2 Å². The summed E-state index contributed by atoms with van der Waals surface area (Å²) >= 11 is 0. The van der Waals surface area contributed by atoms with Crippen LogP contribution in [0.1, 0.15) is 6.42 Å². The molecule has 0 spiro atoms. The van der Waals surface area contributed by atoms with Gasteiger partial charge in [-0.15, -0.1) is 0 Å². The van der Waals surface area contributed by atoms with Crippen LogP contribution in [0.5, 0.6) is 0 Å². The van der Waals surface area contributed by atoms with Gasteiger partial charge in [-0.2, -0.15) is 0 Å². The molecule has 2 N–H and O–H groups in total. The Morgan fingerprint density at radius 3 is 2.75 bits per heavy atom. The van der Waals surface area contributed by atoms with Crippen LogP contribution in [0.4, 0.5) is 10.1 Å². The second-order valence-electron chi connectivity index (χ2n) is 4.43. The van der Waals surface area contributed by atoms with Crippen LogP contribution >= 0.6 is 0 Å². The number of benzene rings is 1. The van der Waals surface area contributed by atoms with Crippen LogP contribution in [-0.4, -0.2) is 30.9 Å². The number of amides is 2. The zero-order valence-electron chi connectivity index (χ0n) is 10.5. The molecule has 6 nitrogen and oxygen atoms in total. The number of hydrogen-bond acceptors (Lipinski definition) is 4. The summed E-state index contributed by atoms with van der Waals surface area (Å²) in [4.78, 5) is 35.2. The summed E-state index contributed by atoms with van der Waals surface area (Å²) in [6.45, 7) is -0.499. The highest BCUT2D eigenvalue weighted by atomic mass is 19.1. The van der Waals surface area contributed by atoms with Gasteiger partial charge in [0, 0.05) is 13.0 Å². The fraction of sp³-hybridized carbons (Fsp3) is 0.308. The van der Waals surface area contributed by atoms with E-state index in [1.165, 1.54) is 23.1 Å². The highest BCUT2D eigenvalue weighted by molar-refractivity contribution is 5.99. The highest BCUT2D eigenvalue weighted by Crippen LogP contribution is 2.27. The molecule has 1 saturated heterocycles. The Hall–Kier alpha value is -2.44. The second-order valence-corrected chi connectivity index (χ2v) is 4.43. The number of carbonyl (C=O) groups excluding carboxylic acids is 3. The van der Waals surface area contributed by atoms with E-state index in [0.29, 0.717) is 0 Å². The van der Waals surface area contributed by atoms with Crippen molar-refractivity contribution in [3.8, 4) is 0 Å². The van der Waals surface area contributed by atoms with Crippen LogP contribution in [0, 0.1) is 11.7 Å². The van der Waals surface area contributed by atoms with E-state index >= 15 is 0 Å². The van der Waals surface area contributed by atoms with E-state index in [2.05, 4.69) is 4.74 Å². The van der Waals surface area contributed by atoms with Gasteiger partial charge >= 0.3 is 5.97 Å². The Labute approximate surface area is 114 Å². The first kappa shape index (κ1) is 14.0. The molecule has 0 bridgehead atoms. The molecular weight excluding hydrogens is 267 g/mol. The zero-order valence-corrected chi connectivity index (χ0v) is 10.5. The summed E-state index contributed by atoms with van der Waals surface area (Å²) in [6.07, 6.45) is -0.0775. The van der Waals surface area contributed by atoms with E-state index in [1.807, 2.05) is 0 Å². The number of anilines is 1. The van der Waals surface area contributed by atoms with Crippen LogP contribution in [0.15, 0.2) is 24.3 Å². The molecule has 2 amide bonds. The van der Waals surface area contributed by atoms with Gasteiger partial charge in [-0.05, 0) is 12.1 Å². The molecule has 1 atom stereocenters. The van der Waals surface area contributed by atoms with Crippen LogP contribution in [0.25, 0.3) is 0 Å². The largest absolute Gasteiger partial charge is 0.455 e. The number of ether oxygens (including phenoxy) is 1. The van der Waals surface area contributed by atoms with Crippen molar-refractivity contribution in [2.45, 2.75) is 6.42 Å². The van der Waals surface area contributed by atoms with E-state index in [9.17, 15) is 18.8 Å². The van der Waals surface area contributed by atoms with Crippen molar-refractivity contribution in [3.63, 3.8) is 0 Å². The Morgan fingerprint density at radius 1 is 1.40 bits per heavy atom. The molecule has 1 aromatic carbocycles. The van der Waals surface area contributed by atoms with Crippen molar-refractivity contribution in [1.29, 1.82) is 0 Å². The van der Waals surface area contributed by atoms with Crippen molar-refractivity contribution in [1.82, 2.24) is 0 Å². The average molecular weight is 280 g/mol. The Bertz CT molecular complexity index is 561. The third-order valence-corrected chi connectivity index (χ3v) is 2.96. The van der Waals surface area contributed by atoms with Gasteiger partial charge < -0.3 is 15.4 Å². The van der Waals surface area contributed by atoms with Crippen molar-refractivity contribution in [3.05, 3.63) is 30.1 Å². The predicted molar refractivity (Wildman–Crippen MR) is 67.0 cm³/mol. The molecule has 1 heterocycles. The molecule has 7 heteroatoms. The average Bonchev–Trinajstić information content (AvgIpc) is 2.78. The molecule has 0 unspecified atom stereocenters. The first-order valence-electron chi connectivity index (χ1n) is 5.99. The van der Waals surface area contributed by atoms with Gasteiger partial charge in [0.25, 0.3) is 5.91 Å². The summed E-state index contributed by atoms with van der Waals surface area (Å²) < 4.78 is 18.3. The smallest absolute Gasteiger partial charge is 0.311 e. The lowest BCUT2D eigenvalue weighted by atomic mass is 10.1. The van der Waals surface area contributed by atoms with Gasteiger partial charge in [-0.3, -0.25) is 14.4 Å². The normalized spacial score (nSPS) is 18.1. The fourth-order valence-corrected chi connectivity index (χ4v) is 2.03. The Balaban J connectivity index is 2.06. The fourth-order valence-electron chi connectivity index (χ4n) is 2.03. The number of esters is 1. The second kappa shape index (κ2) is 5.68. The Kier molecular flexibility index (Phi) is 3.97. The van der Waals surface area contributed by atoms with Crippen LogP contribution < -0.4 is 10.6 Å². The van der Waals surface area contributed by atoms with Gasteiger partial charge in [0.05, 0.1) is 11.6 Å². The topological polar surface area (TPSA) is 89.7 Å². The monoisotopic (exact) mass is 280 g/mol. The van der Waals surface area contributed by atoms with Crippen molar-refractivity contribution >= 4 is 23.5 Å². The minimum atomic E-state index is -0.770. The molecule has 106 valence electrons. The van der Waals surface area contributed by atoms with Gasteiger partial charge in [0.15, 0.2) is 6.61 Å². The van der Waals surface area contributed by atoms with Crippen LogP contribution in [0.2, 0.25) is 0 Å². The van der Waals surface area contributed by atoms with Crippen molar-refractivity contribution in [2.75, 3.05) is 18.1 Å². The van der Waals surface area contributed by atoms with Crippen LogP contribution in [0.3, 0.4) is 0 Å². The molecule has 0 aromatic heterocycles. The van der Waals surface area contributed by atoms with Crippen molar-refractivity contribution in [2.24, 2.45) is 11.7 Å². The molecule has 1 aromatic rings. The van der Waals surface area contributed by atoms with Gasteiger partial charge in [-0.1, -0.05) is 12.1 Å². The number of carbonyl (C=O) groups is 3. The number of nitrogens with two attached hydrogens (primary N) is 1. The summed E-state index contributed by atoms with van der Waals surface area (Å²) in [5.74, 6) is -3.07. The summed E-state index contributed by atoms with van der Waals surface area (Å²) in [6, 6.07) is 5.81. The first-order valence-corrected chi connectivity index (χ1v) is 5.99. The number of nitrogens with zero attached hydrogens (tertiary/aromatic N) is 1. The van der Waals surface area contributed by atoms with Crippen molar-refractivity contribution < 1.29 is 23.5 Å². The third-order valence-electron chi connectivity index (χ3n) is 2.96. The molecule has 2 rings (SSSR count). The molecule has 0 aliphatic carbocycles. The number of para-hydroxylation sites is 1. The van der Waals surface area contributed by atoms with Crippen LogP contribution in [-0.2, 0) is 19.1 Å². The lowest BCUT2D eigenvalue weighted by Crippen LogP contribution is -2.28. The van der Waals surface area contributed by atoms with Gasteiger partial charge in [-0.25, -0.2) is 4.39 Å². The molecule has 0 radical (unpaired) electrons. The number of halogens is 1. The Morgan fingerprint density at radius 2 is 2.10 bits per heavy atom. The lowest BCUT2D eigenvalue weighted by Gasteiger charge is -2.16. The lowest BCUT2D eigenvalue weighted by molar-refractivity contribution is -0.151. The number of primary amides is 1. The molecular formula is C13H13FN2O4. The quantitative estimate of drug-likeness (QED) is 0.798. The zero-order chi connectivity index (χ0) is 14.7. The van der Waals surface area contributed by atoms with Gasteiger partial charge in [0.1, 0.15) is 5.82 Å². The van der Waals surface area contributed by atoms with E-state index in [-0.39, 0.29) is 24.6 Å². The molecule has 20 heavy (non-hydrogen) atoms. The minimum Gasteiger partial charge on any atom is -0.455 e. The molecule has 1 aliphatic rings. The SMILES string of the molecule is NC(=O)COC(=O)[C@H]1CC(=O)N(c2ccccc2F)C1. The maximum Gasteiger partial charge on any atom is 0.311 e. The number of hydrogen-bond donors (Lipinski definition) is 1. The maximum absolute atomic E-state index is 13.6.